The quantitative estimate of drug-likeness (QED) is 0.723. The van der Waals surface area contributed by atoms with Crippen molar-refractivity contribution in [1.82, 2.24) is 5.32 Å². The average Bonchev–Trinajstić information content (AvgIpc) is 2.30. The zero-order chi connectivity index (χ0) is 12.0. The van der Waals surface area contributed by atoms with Crippen molar-refractivity contribution in [3.05, 3.63) is 35.4 Å². The summed E-state index contributed by atoms with van der Waals surface area (Å²) < 4.78 is 5.09. The minimum atomic E-state index is -0.355. The first kappa shape index (κ1) is 12.7. The smallest absolute Gasteiger partial charge is 0.338 e. The van der Waals surface area contributed by atoms with Crippen LogP contribution in [0.5, 0.6) is 0 Å². The molecule has 4 heteroatoms. The summed E-state index contributed by atoms with van der Waals surface area (Å²) in [6.45, 7) is 1.97. The Bertz CT molecular complexity index is 348. The minimum absolute atomic E-state index is 0.0580. The molecule has 16 heavy (non-hydrogen) atoms. The number of rotatable bonds is 5. The van der Waals surface area contributed by atoms with Gasteiger partial charge in [0, 0.05) is 0 Å². The van der Waals surface area contributed by atoms with Gasteiger partial charge >= 0.3 is 5.97 Å². The fourth-order valence-electron chi connectivity index (χ4n) is 1.28. The number of aliphatic hydroxyl groups is 1. The molecular weight excluding hydrogens is 206 g/mol. The van der Waals surface area contributed by atoms with E-state index in [9.17, 15) is 4.79 Å². The van der Waals surface area contributed by atoms with Crippen LogP contribution in [0.1, 0.15) is 15.9 Å². The lowest BCUT2D eigenvalue weighted by Crippen LogP contribution is -2.34. The largest absolute Gasteiger partial charge is 0.460 e. The van der Waals surface area contributed by atoms with Crippen LogP contribution in [0.4, 0.5) is 0 Å². The molecular formula is C12H17NO3. The Morgan fingerprint density at radius 2 is 2.19 bits per heavy atom. The van der Waals surface area contributed by atoms with Crippen LogP contribution >= 0.6 is 0 Å². The molecule has 0 aliphatic rings. The van der Waals surface area contributed by atoms with Crippen molar-refractivity contribution in [2.75, 3.05) is 20.3 Å². The van der Waals surface area contributed by atoms with Crippen molar-refractivity contribution in [2.24, 2.45) is 0 Å². The molecule has 1 aromatic carbocycles. The van der Waals surface area contributed by atoms with E-state index in [0.717, 1.165) is 5.56 Å². The predicted molar refractivity (Wildman–Crippen MR) is 61.4 cm³/mol. The third kappa shape index (κ3) is 3.32. The molecule has 0 radical (unpaired) electrons. The number of hydrogen-bond acceptors (Lipinski definition) is 4. The number of carbonyl (C=O) groups is 1. The lowest BCUT2D eigenvalue weighted by molar-refractivity contribution is 0.0434. The Morgan fingerprint density at radius 1 is 1.50 bits per heavy atom. The molecule has 88 valence electrons. The molecule has 4 nitrogen and oxygen atoms in total. The summed E-state index contributed by atoms with van der Waals surface area (Å²) in [5, 5.41) is 11.8. The van der Waals surface area contributed by atoms with Gasteiger partial charge in [-0.1, -0.05) is 18.2 Å². The summed E-state index contributed by atoms with van der Waals surface area (Å²) in [4.78, 5) is 11.7. The Balaban J connectivity index is 2.56. The zero-order valence-electron chi connectivity index (χ0n) is 9.56. The van der Waals surface area contributed by atoms with E-state index in [-0.39, 0.29) is 25.2 Å². The zero-order valence-corrected chi connectivity index (χ0v) is 9.56. The Morgan fingerprint density at radius 3 is 2.75 bits per heavy atom. The second kappa shape index (κ2) is 6.25. The van der Waals surface area contributed by atoms with Gasteiger partial charge in [-0.3, -0.25) is 0 Å². The molecule has 0 fully saturated rings. The number of carbonyl (C=O) groups excluding carboxylic acids is 1. The van der Waals surface area contributed by atoms with Gasteiger partial charge in [0.2, 0.25) is 0 Å². The van der Waals surface area contributed by atoms with E-state index in [0.29, 0.717) is 5.56 Å². The van der Waals surface area contributed by atoms with E-state index in [1.54, 1.807) is 19.2 Å². The number of nitrogens with one attached hydrogen (secondary N) is 1. The number of hydrogen-bond donors (Lipinski definition) is 2. The highest BCUT2D eigenvalue weighted by Gasteiger charge is 2.12. The number of esters is 1. The molecule has 1 aromatic rings. The lowest BCUT2D eigenvalue weighted by atomic mass is 10.1. The van der Waals surface area contributed by atoms with Crippen LogP contribution in [-0.4, -0.2) is 37.4 Å². The maximum Gasteiger partial charge on any atom is 0.338 e. The van der Waals surface area contributed by atoms with Crippen molar-refractivity contribution < 1.29 is 14.6 Å². The number of likely N-dealkylation sites (N-methyl/N-ethyl adjacent to an activating group) is 1. The minimum Gasteiger partial charge on any atom is -0.460 e. The molecule has 0 saturated heterocycles. The van der Waals surface area contributed by atoms with Crippen molar-refractivity contribution >= 4 is 5.97 Å². The van der Waals surface area contributed by atoms with Crippen LogP contribution in [-0.2, 0) is 4.74 Å². The number of aliphatic hydroxyl groups excluding tert-OH is 1. The molecule has 0 bridgehead atoms. The van der Waals surface area contributed by atoms with Gasteiger partial charge in [-0.25, -0.2) is 4.79 Å². The molecule has 0 aliphatic heterocycles. The molecule has 2 N–H and O–H groups in total. The molecule has 0 heterocycles. The van der Waals surface area contributed by atoms with Gasteiger partial charge in [0.1, 0.15) is 6.61 Å². The second-order valence-corrected chi connectivity index (χ2v) is 3.58. The fraction of sp³-hybridized carbons (Fsp3) is 0.417. The van der Waals surface area contributed by atoms with Crippen molar-refractivity contribution in [3.8, 4) is 0 Å². The van der Waals surface area contributed by atoms with Crippen LogP contribution in [0.3, 0.4) is 0 Å². The molecule has 0 saturated carbocycles. The molecule has 0 amide bonds. The standard InChI is InChI=1S/C12H17NO3/c1-9-5-3-4-6-11(9)12(15)16-8-10(7-14)13-2/h3-6,10,13-14H,7-8H2,1-2H3. The van der Waals surface area contributed by atoms with E-state index >= 15 is 0 Å². The number of benzene rings is 1. The van der Waals surface area contributed by atoms with Crippen molar-refractivity contribution in [1.29, 1.82) is 0 Å². The fourth-order valence-corrected chi connectivity index (χ4v) is 1.28. The molecule has 0 aliphatic carbocycles. The first-order valence-electron chi connectivity index (χ1n) is 5.20. The summed E-state index contributed by atoms with van der Waals surface area (Å²) in [7, 11) is 1.71. The van der Waals surface area contributed by atoms with Crippen LogP contribution in [0, 0.1) is 6.92 Å². The average molecular weight is 223 g/mol. The van der Waals surface area contributed by atoms with E-state index in [4.69, 9.17) is 9.84 Å². The molecule has 1 unspecified atom stereocenters. The summed E-state index contributed by atoms with van der Waals surface area (Å²) in [5.74, 6) is -0.355. The topological polar surface area (TPSA) is 58.6 Å². The Kier molecular flexibility index (Phi) is 4.95. The SMILES string of the molecule is CNC(CO)COC(=O)c1ccccc1C. The lowest BCUT2D eigenvalue weighted by Gasteiger charge is -2.13. The molecule has 0 aromatic heterocycles. The van der Waals surface area contributed by atoms with Gasteiger partial charge in [0.05, 0.1) is 18.2 Å². The van der Waals surface area contributed by atoms with Crippen LogP contribution in [0.25, 0.3) is 0 Å². The summed E-state index contributed by atoms with van der Waals surface area (Å²) in [6, 6.07) is 7.04. The third-order valence-electron chi connectivity index (χ3n) is 2.41. The Hall–Kier alpha value is -1.39. The third-order valence-corrected chi connectivity index (χ3v) is 2.41. The van der Waals surface area contributed by atoms with Gasteiger partial charge < -0.3 is 15.2 Å². The highest BCUT2D eigenvalue weighted by atomic mass is 16.5. The van der Waals surface area contributed by atoms with Gasteiger partial charge in [0.25, 0.3) is 0 Å². The summed E-state index contributed by atoms with van der Waals surface area (Å²) >= 11 is 0. The van der Waals surface area contributed by atoms with Gasteiger partial charge in [-0.2, -0.15) is 0 Å². The monoisotopic (exact) mass is 223 g/mol. The summed E-state index contributed by atoms with van der Waals surface area (Å²) in [6.07, 6.45) is 0. The maximum absolute atomic E-state index is 11.7. The molecule has 0 spiro atoms. The van der Waals surface area contributed by atoms with Gasteiger partial charge in [-0.15, -0.1) is 0 Å². The predicted octanol–water partition coefficient (Wildman–Crippen LogP) is 0.732. The number of aryl methyl sites for hydroxylation is 1. The van der Waals surface area contributed by atoms with E-state index in [1.165, 1.54) is 0 Å². The second-order valence-electron chi connectivity index (χ2n) is 3.58. The highest BCUT2D eigenvalue weighted by molar-refractivity contribution is 5.90. The van der Waals surface area contributed by atoms with Crippen LogP contribution in [0.15, 0.2) is 24.3 Å². The van der Waals surface area contributed by atoms with Crippen LogP contribution in [0.2, 0.25) is 0 Å². The maximum atomic E-state index is 11.7. The van der Waals surface area contributed by atoms with E-state index in [2.05, 4.69) is 5.32 Å². The molecule has 1 rings (SSSR count). The Labute approximate surface area is 95.2 Å². The number of ether oxygens (including phenoxy) is 1. The first-order chi connectivity index (χ1) is 7.69. The van der Waals surface area contributed by atoms with E-state index in [1.807, 2.05) is 19.1 Å². The highest BCUT2D eigenvalue weighted by Crippen LogP contribution is 2.08. The van der Waals surface area contributed by atoms with E-state index < -0.39 is 0 Å². The summed E-state index contributed by atoms with van der Waals surface area (Å²) in [5.41, 5.74) is 1.45. The van der Waals surface area contributed by atoms with Crippen molar-refractivity contribution in [2.45, 2.75) is 13.0 Å². The first-order valence-corrected chi connectivity index (χ1v) is 5.20. The van der Waals surface area contributed by atoms with Crippen molar-refractivity contribution in [3.63, 3.8) is 0 Å². The normalized spacial score (nSPS) is 12.2. The van der Waals surface area contributed by atoms with Gasteiger partial charge in [-0.05, 0) is 25.6 Å². The molecule has 1 atom stereocenters. The van der Waals surface area contributed by atoms with Crippen LogP contribution < -0.4 is 5.32 Å². The van der Waals surface area contributed by atoms with Gasteiger partial charge in [0.15, 0.2) is 0 Å².